The Hall–Kier alpha value is -1.34. The standard InChI is InChI=1S/C19H28N4OS/c1-21(2)15-19(24)18-13-16-14-22(9-6-10-23(16)20-18)11-12-25-17-7-4-3-5-8-17/h3-5,7-8,13,19,24H,6,9-12,14-15H2,1-2H3. The van der Waals surface area contributed by atoms with E-state index in [0.29, 0.717) is 6.54 Å². The summed E-state index contributed by atoms with van der Waals surface area (Å²) in [6, 6.07) is 12.7. The Morgan fingerprint density at radius 3 is 2.80 bits per heavy atom. The number of likely N-dealkylation sites (N-methyl/N-ethyl adjacent to an activating group) is 1. The van der Waals surface area contributed by atoms with Crippen LogP contribution in [0.5, 0.6) is 0 Å². The van der Waals surface area contributed by atoms with Crippen molar-refractivity contribution in [2.75, 3.05) is 39.5 Å². The van der Waals surface area contributed by atoms with Gasteiger partial charge in [-0.2, -0.15) is 5.10 Å². The van der Waals surface area contributed by atoms with Crippen LogP contribution >= 0.6 is 11.8 Å². The number of aromatic nitrogens is 2. The lowest BCUT2D eigenvalue weighted by atomic mass is 10.2. The third kappa shape index (κ3) is 5.31. The molecule has 0 fully saturated rings. The van der Waals surface area contributed by atoms with Crippen LogP contribution < -0.4 is 0 Å². The molecule has 1 aromatic heterocycles. The summed E-state index contributed by atoms with van der Waals surface area (Å²) in [4.78, 5) is 5.82. The number of aryl methyl sites for hydroxylation is 1. The molecule has 1 unspecified atom stereocenters. The van der Waals surface area contributed by atoms with Gasteiger partial charge in [0, 0.05) is 43.4 Å². The second-order valence-corrected chi connectivity index (χ2v) is 8.02. The lowest BCUT2D eigenvalue weighted by Gasteiger charge is -2.19. The molecule has 5 nitrogen and oxygen atoms in total. The van der Waals surface area contributed by atoms with Crippen molar-refractivity contribution in [2.45, 2.75) is 30.5 Å². The van der Waals surface area contributed by atoms with E-state index in [0.717, 1.165) is 44.0 Å². The zero-order valence-electron chi connectivity index (χ0n) is 15.1. The van der Waals surface area contributed by atoms with Crippen LogP contribution in [0.3, 0.4) is 0 Å². The molecule has 0 spiro atoms. The number of nitrogens with zero attached hydrogens (tertiary/aromatic N) is 4. The molecule has 0 saturated heterocycles. The molecule has 1 aromatic carbocycles. The summed E-state index contributed by atoms with van der Waals surface area (Å²) >= 11 is 1.91. The van der Waals surface area contributed by atoms with Crippen molar-refractivity contribution in [3.63, 3.8) is 0 Å². The third-order valence-electron chi connectivity index (χ3n) is 4.41. The minimum absolute atomic E-state index is 0.517. The van der Waals surface area contributed by atoms with E-state index in [-0.39, 0.29) is 0 Å². The molecule has 2 heterocycles. The number of aliphatic hydroxyl groups is 1. The molecule has 1 aliphatic rings. The fraction of sp³-hybridized carbons (Fsp3) is 0.526. The summed E-state index contributed by atoms with van der Waals surface area (Å²) in [5.41, 5.74) is 2.01. The van der Waals surface area contributed by atoms with E-state index in [1.807, 2.05) is 30.8 Å². The number of hydrogen-bond donors (Lipinski definition) is 1. The van der Waals surface area contributed by atoms with E-state index < -0.39 is 6.10 Å². The fourth-order valence-corrected chi connectivity index (χ4v) is 4.09. The maximum Gasteiger partial charge on any atom is 0.110 e. The van der Waals surface area contributed by atoms with Gasteiger partial charge in [-0.3, -0.25) is 9.58 Å². The summed E-state index contributed by atoms with van der Waals surface area (Å²) in [6.07, 6.45) is 0.588. The van der Waals surface area contributed by atoms with Crippen LogP contribution in [0.15, 0.2) is 41.3 Å². The van der Waals surface area contributed by atoms with Gasteiger partial charge in [0.15, 0.2) is 0 Å². The van der Waals surface area contributed by atoms with Crippen LogP contribution in [0.25, 0.3) is 0 Å². The molecule has 0 amide bonds. The van der Waals surface area contributed by atoms with Crippen LogP contribution in [-0.4, -0.2) is 64.2 Å². The van der Waals surface area contributed by atoms with Crippen LogP contribution in [0, 0.1) is 0 Å². The van der Waals surface area contributed by atoms with Crippen molar-refractivity contribution in [2.24, 2.45) is 0 Å². The first-order chi connectivity index (χ1) is 12.1. The highest BCUT2D eigenvalue weighted by Crippen LogP contribution is 2.20. The maximum absolute atomic E-state index is 10.3. The van der Waals surface area contributed by atoms with E-state index in [2.05, 4.69) is 51.1 Å². The van der Waals surface area contributed by atoms with Crippen LogP contribution in [0.2, 0.25) is 0 Å². The highest BCUT2D eigenvalue weighted by atomic mass is 32.2. The highest BCUT2D eigenvalue weighted by Gasteiger charge is 2.20. The molecular formula is C19H28N4OS. The first-order valence-corrected chi connectivity index (χ1v) is 9.90. The van der Waals surface area contributed by atoms with Crippen LogP contribution in [-0.2, 0) is 13.1 Å². The summed E-state index contributed by atoms with van der Waals surface area (Å²) in [5.74, 6) is 1.09. The minimum atomic E-state index is -0.517. The molecule has 1 N–H and O–H groups in total. The van der Waals surface area contributed by atoms with E-state index in [4.69, 9.17) is 0 Å². The van der Waals surface area contributed by atoms with Gasteiger partial charge in [0.1, 0.15) is 6.10 Å². The molecule has 136 valence electrons. The van der Waals surface area contributed by atoms with Crippen LogP contribution in [0.1, 0.15) is 23.9 Å². The van der Waals surface area contributed by atoms with E-state index in [1.54, 1.807) is 0 Å². The summed E-state index contributed by atoms with van der Waals surface area (Å²) in [7, 11) is 3.94. The van der Waals surface area contributed by atoms with Gasteiger partial charge in [-0.15, -0.1) is 11.8 Å². The van der Waals surface area contributed by atoms with Gasteiger partial charge in [-0.05, 0) is 38.7 Å². The minimum Gasteiger partial charge on any atom is -0.385 e. The number of hydrogen-bond acceptors (Lipinski definition) is 5. The third-order valence-corrected chi connectivity index (χ3v) is 5.40. The zero-order chi connectivity index (χ0) is 17.6. The largest absolute Gasteiger partial charge is 0.385 e. The summed E-state index contributed by atoms with van der Waals surface area (Å²) in [5, 5.41) is 14.9. The number of benzene rings is 1. The van der Waals surface area contributed by atoms with E-state index in [1.165, 1.54) is 10.6 Å². The molecule has 25 heavy (non-hydrogen) atoms. The van der Waals surface area contributed by atoms with Crippen molar-refractivity contribution in [3.05, 3.63) is 47.8 Å². The Morgan fingerprint density at radius 1 is 1.24 bits per heavy atom. The fourth-order valence-electron chi connectivity index (χ4n) is 3.15. The second kappa shape index (κ2) is 8.85. The van der Waals surface area contributed by atoms with Gasteiger partial charge >= 0.3 is 0 Å². The molecule has 1 aliphatic heterocycles. The molecule has 2 aromatic rings. The van der Waals surface area contributed by atoms with Gasteiger partial charge in [0.2, 0.25) is 0 Å². The van der Waals surface area contributed by atoms with Gasteiger partial charge in [0.25, 0.3) is 0 Å². The molecule has 0 saturated carbocycles. The SMILES string of the molecule is CN(C)CC(O)c1cc2n(n1)CCCN(CCSc1ccccc1)C2. The van der Waals surface area contributed by atoms with Gasteiger partial charge < -0.3 is 10.0 Å². The molecule has 3 rings (SSSR count). The Morgan fingerprint density at radius 2 is 2.04 bits per heavy atom. The highest BCUT2D eigenvalue weighted by molar-refractivity contribution is 7.99. The number of rotatable bonds is 7. The van der Waals surface area contributed by atoms with Gasteiger partial charge in [-0.1, -0.05) is 18.2 Å². The van der Waals surface area contributed by atoms with Gasteiger partial charge in [0.05, 0.1) is 11.4 Å². The Labute approximate surface area is 154 Å². The average Bonchev–Trinajstić information content (AvgIpc) is 2.89. The summed E-state index contributed by atoms with van der Waals surface area (Å²) < 4.78 is 2.08. The summed E-state index contributed by atoms with van der Waals surface area (Å²) in [6.45, 7) is 4.63. The molecule has 0 aliphatic carbocycles. The lowest BCUT2D eigenvalue weighted by Crippen LogP contribution is -2.25. The van der Waals surface area contributed by atoms with E-state index in [9.17, 15) is 5.11 Å². The average molecular weight is 361 g/mol. The van der Waals surface area contributed by atoms with Crippen molar-refractivity contribution >= 4 is 11.8 Å². The molecular weight excluding hydrogens is 332 g/mol. The van der Waals surface area contributed by atoms with Crippen molar-refractivity contribution < 1.29 is 5.11 Å². The Kier molecular flexibility index (Phi) is 6.53. The maximum atomic E-state index is 10.3. The Balaban J connectivity index is 1.56. The zero-order valence-corrected chi connectivity index (χ0v) is 16.0. The molecule has 0 bridgehead atoms. The van der Waals surface area contributed by atoms with Crippen molar-refractivity contribution in [1.82, 2.24) is 19.6 Å². The normalized spacial score (nSPS) is 16.6. The predicted octanol–water partition coefficient (Wildman–Crippen LogP) is 2.48. The smallest absolute Gasteiger partial charge is 0.110 e. The predicted molar refractivity (Wildman–Crippen MR) is 103 cm³/mol. The molecule has 1 atom stereocenters. The van der Waals surface area contributed by atoms with E-state index >= 15 is 0 Å². The number of aliphatic hydroxyl groups excluding tert-OH is 1. The Bertz CT molecular complexity index is 659. The number of fused-ring (bicyclic) bond motifs is 1. The van der Waals surface area contributed by atoms with Crippen molar-refractivity contribution in [1.29, 1.82) is 0 Å². The first-order valence-electron chi connectivity index (χ1n) is 8.91. The van der Waals surface area contributed by atoms with Gasteiger partial charge in [-0.25, -0.2) is 0 Å². The van der Waals surface area contributed by atoms with Crippen LogP contribution in [0.4, 0.5) is 0 Å². The lowest BCUT2D eigenvalue weighted by molar-refractivity contribution is 0.133. The quantitative estimate of drug-likeness (QED) is 0.769. The first kappa shape index (κ1) is 18.5. The number of thioether (sulfide) groups is 1. The second-order valence-electron chi connectivity index (χ2n) is 6.85. The monoisotopic (exact) mass is 360 g/mol. The topological polar surface area (TPSA) is 44.5 Å². The molecule has 6 heteroatoms. The van der Waals surface area contributed by atoms with Crippen molar-refractivity contribution in [3.8, 4) is 0 Å². The molecule has 0 radical (unpaired) electrons.